The van der Waals surface area contributed by atoms with E-state index in [9.17, 15) is 0 Å². The average molecular weight is 304 g/mol. The molecule has 0 N–H and O–H groups in total. The minimum absolute atomic E-state index is 0.316. The van der Waals surface area contributed by atoms with Gasteiger partial charge in [-0.3, -0.25) is 9.80 Å². The van der Waals surface area contributed by atoms with Crippen LogP contribution in [-0.4, -0.2) is 54.7 Å². The van der Waals surface area contributed by atoms with Crippen LogP contribution in [0.3, 0.4) is 0 Å². The number of rotatable bonds is 4. The van der Waals surface area contributed by atoms with Gasteiger partial charge in [-0.1, -0.05) is 0 Å². The lowest BCUT2D eigenvalue weighted by atomic mass is 9.85. The van der Waals surface area contributed by atoms with Gasteiger partial charge < -0.3 is 9.15 Å². The highest BCUT2D eigenvalue weighted by atomic mass is 16.5. The van der Waals surface area contributed by atoms with Crippen LogP contribution in [0.1, 0.15) is 37.2 Å². The summed E-state index contributed by atoms with van der Waals surface area (Å²) in [5.41, 5.74) is 0.316. The molecule has 4 heteroatoms. The van der Waals surface area contributed by atoms with Crippen LogP contribution < -0.4 is 0 Å². The van der Waals surface area contributed by atoms with Crippen LogP contribution in [0.4, 0.5) is 0 Å². The molecule has 0 bridgehead atoms. The SMILES string of the molecule is Cc1ccc(CN2CCC3(CC2)COCCN3CC2CC2)o1. The Labute approximate surface area is 133 Å². The molecule has 3 fully saturated rings. The van der Waals surface area contributed by atoms with Crippen LogP contribution in [0, 0.1) is 12.8 Å². The third-order valence-corrected chi connectivity index (χ3v) is 5.68. The van der Waals surface area contributed by atoms with Gasteiger partial charge in [0.15, 0.2) is 0 Å². The monoisotopic (exact) mass is 304 g/mol. The van der Waals surface area contributed by atoms with E-state index in [0.29, 0.717) is 5.54 Å². The first-order chi connectivity index (χ1) is 10.7. The molecule has 122 valence electrons. The molecule has 22 heavy (non-hydrogen) atoms. The number of aryl methyl sites for hydroxylation is 1. The quantitative estimate of drug-likeness (QED) is 0.855. The summed E-state index contributed by atoms with van der Waals surface area (Å²) >= 11 is 0. The predicted octanol–water partition coefficient (Wildman–Crippen LogP) is 2.66. The molecule has 1 spiro atoms. The van der Waals surface area contributed by atoms with Crippen molar-refractivity contribution in [3.8, 4) is 0 Å². The lowest BCUT2D eigenvalue weighted by Gasteiger charge is -2.51. The Balaban J connectivity index is 1.36. The predicted molar refractivity (Wildman–Crippen MR) is 85.8 cm³/mol. The van der Waals surface area contributed by atoms with Crippen LogP contribution in [0.5, 0.6) is 0 Å². The van der Waals surface area contributed by atoms with Crippen molar-refractivity contribution in [3.05, 3.63) is 23.7 Å². The maximum Gasteiger partial charge on any atom is 0.118 e. The van der Waals surface area contributed by atoms with Crippen molar-refractivity contribution < 1.29 is 9.15 Å². The van der Waals surface area contributed by atoms with E-state index in [2.05, 4.69) is 21.9 Å². The fourth-order valence-electron chi connectivity index (χ4n) is 4.04. The lowest BCUT2D eigenvalue weighted by molar-refractivity contribution is -0.0974. The molecule has 3 heterocycles. The van der Waals surface area contributed by atoms with Gasteiger partial charge in [0.2, 0.25) is 0 Å². The third-order valence-electron chi connectivity index (χ3n) is 5.68. The summed E-state index contributed by atoms with van der Waals surface area (Å²) in [6.45, 7) is 9.58. The van der Waals surface area contributed by atoms with E-state index in [1.54, 1.807) is 0 Å². The number of morpholine rings is 1. The van der Waals surface area contributed by atoms with Crippen molar-refractivity contribution in [1.29, 1.82) is 0 Å². The Morgan fingerprint density at radius 1 is 1.18 bits per heavy atom. The standard InChI is InChI=1S/C18H28N2O2/c1-15-2-5-17(22-15)13-19-8-6-18(7-9-19)14-21-11-10-20(18)12-16-3-4-16/h2,5,16H,3-4,6-14H2,1H3. The zero-order valence-corrected chi connectivity index (χ0v) is 13.7. The Kier molecular flexibility index (Phi) is 4.01. The Bertz CT molecular complexity index is 501. The third kappa shape index (κ3) is 3.10. The lowest BCUT2D eigenvalue weighted by Crippen LogP contribution is -2.61. The topological polar surface area (TPSA) is 28.9 Å². The summed E-state index contributed by atoms with van der Waals surface area (Å²) in [5.74, 6) is 3.09. The summed E-state index contributed by atoms with van der Waals surface area (Å²) < 4.78 is 11.6. The van der Waals surface area contributed by atoms with Gasteiger partial charge >= 0.3 is 0 Å². The van der Waals surface area contributed by atoms with Gasteiger partial charge in [-0.25, -0.2) is 0 Å². The van der Waals surface area contributed by atoms with Crippen LogP contribution in [0.2, 0.25) is 0 Å². The van der Waals surface area contributed by atoms with E-state index < -0.39 is 0 Å². The summed E-state index contributed by atoms with van der Waals surface area (Å²) in [6.07, 6.45) is 5.35. The highest BCUT2D eigenvalue weighted by Crippen LogP contribution is 2.37. The molecule has 0 amide bonds. The van der Waals surface area contributed by atoms with E-state index in [0.717, 1.165) is 56.8 Å². The summed E-state index contributed by atoms with van der Waals surface area (Å²) in [7, 11) is 0. The molecule has 1 aliphatic carbocycles. The van der Waals surface area contributed by atoms with Crippen LogP contribution >= 0.6 is 0 Å². The molecule has 4 nitrogen and oxygen atoms in total. The van der Waals surface area contributed by atoms with E-state index in [1.165, 1.54) is 32.2 Å². The normalized spacial score (nSPS) is 26.6. The number of hydrogen-bond donors (Lipinski definition) is 0. The highest BCUT2D eigenvalue weighted by Gasteiger charge is 2.43. The number of hydrogen-bond acceptors (Lipinski definition) is 4. The molecule has 3 aliphatic rings. The Morgan fingerprint density at radius 3 is 2.68 bits per heavy atom. The summed E-state index contributed by atoms with van der Waals surface area (Å²) in [6, 6.07) is 4.18. The maximum absolute atomic E-state index is 5.87. The first kappa shape index (κ1) is 14.7. The highest BCUT2D eigenvalue weighted by molar-refractivity contribution is 5.06. The van der Waals surface area contributed by atoms with Crippen molar-refractivity contribution in [2.75, 3.05) is 39.4 Å². The van der Waals surface area contributed by atoms with E-state index in [-0.39, 0.29) is 0 Å². The van der Waals surface area contributed by atoms with Gasteiger partial charge in [-0.15, -0.1) is 0 Å². The van der Waals surface area contributed by atoms with Gasteiger partial charge in [-0.05, 0) is 50.7 Å². The number of furan rings is 1. The second-order valence-electron chi connectivity index (χ2n) is 7.45. The van der Waals surface area contributed by atoms with Gasteiger partial charge in [0.25, 0.3) is 0 Å². The minimum atomic E-state index is 0.316. The van der Waals surface area contributed by atoms with E-state index in [4.69, 9.17) is 9.15 Å². The molecule has 4 rings (SSSR count). The number of likely N-dealkylation sites (tertiary alicyclic amines) is 1. The number of ether oxygens (including phenoxy) is 1. The number of piperidine rings is 1. The average Bonchev–Trinajstić information content (AvgIpc) is 3.25. The van der Waals surface area contributed by atoms with Crippen molar-refractivity contribution in [2.24, 2.45) is 5.92 Å². The van der Waals surface area contributed by atoms with E-state index in [1.807, 2.05) is 6.92 Å². The van der Waals surface area contributed by atoms with Gasteiger partial charge in [0.1, 0.15) is 11.5 Å². The first-order valence-electron chi connectivity index (χ1n) is 8.84. The fraction of sp³-hybridized carbons (Fsp3) is 0.778. The Morgan fingerprint density at radius 2 is 2.00 bits per heavy atom. The molecule has 0 aromatic carbocycles. The molecular weight excluding hydrogens is 276 g/mol. The Hall–Kier alpha value is -0.840. The fourth-order valence-corrected chi connectivity index (χ4v) is 4.04. The minimum Gasteiger partial charge on any atom is -0.465 e. The molecule has 0 radical (unpaired) electrons. The molecule has 1 aromatic rings. The second kappa shape index (κ2) is 5.99. The largest absolute Gasteiger partial charge is 0.465 e. The molecule has 1 aromatic heterocycles. The molecule has 0 unspecified atom stereocenters. The first-order valence-corrected chi connectivity index (χ1v) is 8.84. The molecule has 2 saturated heterocycles. The summed E-state index contributed by atoms with van der Waals surface area (Å²) in [5, 5.41) is 0. The van der Waals surface area contributed by atoms with Gasteiger partial charge in [0, 0.05) is 31.7 Å². The molecule has 1 saturated carbocycles. The van der Waals surface area contributed by atoms with Crippen molar-refractivity contribution >= 4 is 0 Å². The van der Waals surface area contributed by atoms with Crippen molar-refractivity contribution in [2.45, 2.75) is 44.7 Å². The van der Waals surface area contributed by atoms with E-state index >= 15 is 0 Å². The second-order valence-corrected chi connectivity index (χ2v) is 7.45. The summed E-state index contributed by atoms with van der Waals surface area (Å²) in [4.78, 5) is 5.30. The number of nitrogens with zero attached hydrogens (tertiary/aromatic N) is 2. The van der Waals surface area contributed by atoms with Crippen LogP contribution in [0.15, 0.2) is 16.5 Å². The van der Waals surface area contributed by atoms with Crippen molar-refractivity contribution in [3.63, 3.8) is 0 Å². The van der Waals surface area contributed by atoms with Crippen molar-refractivity contribution in [1.82, 2.24) is 9.80 Å². The molecule has 0 atom stereocenters. The zero-order chi connectivity index (χ0) is 15.0. The smallest absolute Gasteiger partial charge is 0.118 e. The van der Waals surface area contributed by atoms with Crippen LogP contribution in [-0.2, 0) is 11.3 Å². The van der Waals surface area contributed by atoms with Gasteiger partial charge in [-0.2, -0.15) is 0 Å². The molecule has 2 aliphatic heterocycles. The molecular formula is C18H28N2O2. The maximum atomic E-state index is 5.87. The van der Waals surface area contributed by atoms with Gasteiger partial charge in [0.05, 0.1) is 19.8 Å². The van der Waals surface area contributed by atoms with Crippen LogP contribution in [0.25, 0.3) is 0 Å². The zero-order valence-electron chi connectivity index (χ0n) is 13.7.